The normalized spacial score (nSPS) is 17.6. The highest BCUT2D eigenvalue weighted by atomic mass is 35.5. The second-order valence-electron chi connectivity index (χ2n) is 8.50. The zero-order valence-corrected chi connectivity index (χ0v) is 19.0. The molecular formula is C23H19ClFN5O5. The number of amides is 2. The first-order valence-corrected chi connectivity index (χ1v) is 11.3. The Morgan fingerprint density at radius 3 is 2.66 bits per heavy atom. The number of nitro groups is 1. The monoisotopic (exact) mass is 499 g/mol. The summed E-state index contributed by atoms with van der Waals surface area (Å²) < 4.78 is 19.5. The Balaban J connectivity index is 1.31. The fourth-order valence-electron chi connectivity index (χ4n) is 4.11. The van der Waals surface area contributed by atoms with Crippen molar-refractivity contribution in [3.63, 3.8) is 0 Å². The van der Waals surface area contributed by atoms with Gasteiger partial charge in [0, 0.05) is 35.7 Å². The summed E-state index contributed by atoms with van der Waals surface area (Å²) >= 11 is 5.92. The third-order valence-electron chi connectivity index (χ3n) is 6.05. The molecule has 3 aromatic rings. The molecule has 2 heterocycles. The van der Waals surface area contributed by atoms with Crippen LogP contribution in [0.4, 0.5) is 15.8 Å². The topological polar surface area (TPSA) is 123 Å². The van der Waals surface area contributed by atoms with Crippen LogP contribution in [-0.4, -0.2) is 44.4 Å². The van der Waals surface area contributed by atoms with Gasteiger partial charge in [-0.15, -0.1) is 10.2 Å². The van der Waals surface area contributed by atoms with Gasteiger partial charge in [0.1, 0.15) is 0 Å². The van der Waals surface area contributed by atoms with Gasteiger partial charge in [-0.2, -0.15) is 4.39 Å². The van der Waals surface area contributed by atoms with E-state index in [1.54, 1.807) is 29.2 Å². The maximum absolute atomic E-state index is 13.7. The predicted octanol–water partition coefficient (Wildman–Crippen LogP) is 3.98. The molecule has 2 aliphatic rings. The molecule has 1 atom stereocenters. The quantitative estimate of drug-likeness (QED) is 0.356. The van der Waals surface area contributed by atoms with Gasteiger partial charge in [0.05, 0.1) is 23.1 Å². The number of carbonyl (C=O) groups excluding carboxylic acids is 2. The average molecular weight is 500 g/mol. The van der Waals surface area contributed by atoms with Crippen LogP contribution in [0.5, 0.6) is 0 Å². The van der Waals surface area contributed by atoms with Crippen LogP contribution in [0.15, 0.2) is 46.9 Å². The van der Waals surface area contributed by atoms with Gasteiger partial charge < -0.3 is 14.2 Å². The molecule has 12 heteroatoms. The predicted molar refractivity (Wildman–Crippen MR) is 122 cm³/mol. The van der Waals surface area contributed by atoms with Crippen molar-refractivity contribution in [1.29, 1.82) is 0 Å². The maximum Gasteiger partial charge on any atom is 0.306 e. The molecule has 1 unspecified atom stereocenters. The van der Waals surface area contributed by atoms with E-state index in [1.165, 1.54) is 11.0 Å². The summed E-state index contributed by atoms with van der Waals surface area (Å²) in [5.41, 5.74) is 0.154. The Morgan fingerprint density at radius 1 is 1.23 bits per heavy atom. The molecule has 2 amide bonds. The highest BCUT2D eigenvalue weighted by molar-refractivity contribution is 6.30. The van der Waals surface area contributed by atoms with Gasteiger partial charge in [0.15, 0.2) is 0 Å². The molecule has 2 aromatic carbocycles. The molecule has 1 saturated heterocycles. The number of anilines is 1. The molecule has 2 fully saturated rings. The third kappa shape index (κ3) is 4.72. The highest BCUT2D eigenvalue weighted by Crippen LogP contribution is 2.34. The third-order valence-corrected chi connectivity index (χ3v) is 6.30. The Hall–Kier alpha value is -3.86. The van der Waals surface area contributed by atoms with Crippen LogP contribution in [0.1, 0.15) is 25.2 Å². The summed E-state index contributed by atoms with van der Waals surface area (Å²) in [6.07, 6.45) is 1.62. The molecule has 1 aromatic heterocycles. The highest BCUT2D eigenvalue weighted by Gasteiger charge is 2.42. The van der Waals surface area contributed by atoms with Gasteiger partial charge >= 0.3 is 5.69 Å². The summed E-state index contributed by atoms with van der Waals surface area (Å²) in [5, 5.41) is 19.8. The van der Waals surface area contributed by atoms with Crippen molar-refractivity contribution >= 4 is 34.8 Å². The molecule has 1 aliphatic carbocycles. The van der Waals surface area contributed by atoms with Gasteiger partial charge in [0.2, 0.25) is 29.4 Å². The first-order chi connectivity index (χ1) is 16.8. The van der Waals surface area contributed by atoms with Crippen molar-refractivity contribution in [2.75, 3.05) is 11.4 Å². The molecule has 0 bridgehead atoms. The number of carbonyl (C=O) groups is 2. The Bertz CT molecular complexity index is 1310. The van der Waals surface area contributed by atoms with E-state index in [9.17, 15) is 24.1 Å². The number of aromatic nitrogens is 2. The van der Waals surface area contributed by atoms with Crippen LogP contribution in [0, 0.1) is 21.8 Å². The molecule has 0 radical (unpaired) electrons. The molecule has 0 spiro atoms. The van der Waals surface area contributed by atoms with Crippen molar-refractivity contribution < 1.29 is 23.3 Å². The Labute approximate surface area is 203 Å². The van der Waals surface area contributed by atoms with Crippen LogP contribution in [-0.2, 0) is 16.1 Å². The summed E-state index contributed by atoms with van der Waals surface area (Å²) in [5.74, 6) is -1.65. The number of benzene rings is 2. The molecule has 1 saturated carbocycles. The summed E-state index contributed by atoms with van der Waals surface area (Å²) in [4.78, 5) is 39.2. The molecule has 0 N–H and O–H groups in total. The first kappa shape index (κ1) is 22.9. The lowest BCUT2D eigenvalue weighted by molar-refractivity contribution is -0.387. The lowest BCUT2D eigenvalue weighted by Gasteiger charge is -2.24. The lowest BCUT2D eigenvalue weighted by atomic mass is 10.1. The summed E-state index contributed by atoms with van der Waals surface area (Å²) in [7, 11) is 0. The molecule has 35 heavy (non-hydrogen) atoms. The van der Waals surface area contributed by atoms with Crippen molar-refractivity contribution in [2.24, 2.45) is 5.92 Å². The molecular weight excluding hydrogens is 481 g/mol. The summed E-state index contributed by atoms with van der Waals surface area (Å²) in [6, 6.07) is 10.2. The van der Waals surface area contributed by atoms with Crippen molar-refractivity contribution in [3.05, 3.63) is 69.3 Å². The average Bonchev–Trinajstić information content (AvgIpc) is 3.44. The number of nitro benzene ring substituents is 1. The summed E-state index contributed by atoms with van der Waals surface area (Å²) in [6.45, 7) is 0.153. The lowest BCUT2D eigenvalue weighted by Crippen LogP contribution is -2.38. The van der Waals surface area contributed by atoms with Crippen molar-refractivity contribution in [1.82, 2.24) is 15.1 Å². The second kappa shape index (κ2) is 9.06. The van der Waals surface area contributed by atoms with Crippen LogP contribution < -0.4 is 4.90 Å². The molecule has 180 valence electrons. The number of hydrogen-bond acceptors (Lipinski definition) is 7. The van der Waals surface area contributed by atoms with E-state index >= 15 is 0 Å². The van der Waals surface area contributed by atoms with Gasteiger partial charge in [-0.1, -0.05) is 11.6 Å². The van der Waals surface area contributed by atoms with Crippen molar-refractivity contribution in [2.45, 2.75) is 31.8 Å². The smallest absolute Gasteiger partial charge is 0.306 e. The zero-order chi connectivity index (χ0) is 24.7. The molecule has 5 rings (SSSR count). The van der Waals surface area contributed by atoms with E-state index in [4.69, 9.17) is 16.0 Å². The second-order valence-corrected chi connectivity index (χ2v) is 8.94. The maximum atomic E-state index is 13.7. The fraction of sp³-hybridized carbons (Fsp3) is 0.304. The van der Waals surface area contributed by atoms with Gasteiger partial charge in [-0.3, -0.25) is 19.7 Å². The van der Waals surface area contributed by atoms with Crippen LogP contribution >= 0.6 is 11.6 Å². The number of nitrogens with zero attached hydrogens (tertiary/aromatic N) is 5. The number of halogens is 2. The standard InChI is InChI=1S/C23H19ClFN5O5/c24-15-3-1-13(2-4-15)22-27-26-20(35-22)12-29(16-5-6-16)23(32)14-9-21(31)28(11-14)17-7-8-18(25)19(10-17)30(33)34/h1-4,7-8,10,14,16H,5-6,9,11-12H2. The largest absolute Gasteiger partial charge is 0.419 e. The number of rotatable bonds is 7. The SMILES string of the molecule is O=C1CC(C(=O)N(Cc2nnc(-c3ccc(Cl)cc3)o2)C2CC2)CN1c1ccc(F)c([N+](=O)[O-])c1. The molecule has 10 nitrogen and oxygen atoms in total. The minimum Gasteiger partial charge on any atom is -0.419 e. The minimum absolute atomic E-state index is 0.0180. The van der Waals surface area contributed by atoms with Crippen LogP contribution in [0.3, 0.4) is 0 Å². The van der Waals surface area contributed by atoms with E-state index in [0.29, 0.717) is 16.5 Å². The van der Waals surface area contributed by atoms with E-state index < -0.39 is 22.3 Å². The van der Waals surface area contributed by atoms with Crippen molar-refractivity contribution in [3.8, 4) is 11.5 Å². The van der Waals surface area contributed by atoms with E-state index in [2.05, 4.69) is 10.2 Å². The van der Waals surface area contributed by atoms with E-state index in [0.717, 1.165) is 25.0 Å². The number of hydrogen-bond donors (Lipinski definition) is 0. The van der Waals surface area contributed by atoms with E-state index in [-0.39, 0.29) is 48.9 Å². The Kier molecular flexibility index (Phi) is 5.93. The van der Waals surface area contributed by atoms with Gasteiger partial charge in [-0.05, 0) is 49.2 Å². The van der Waals surface area contributed by atoms with Crippen LogP contribution in [0.25, 0.3) is 11.5 Å². The Morgan fingerprint density at radius 2 is 1.97 bits per heavy atom. The van der Waals surface area contributed by atoms with Crippen LogP contribution in [0.2, 0.25) is 5.02 Å². The molecule has 1 aliphatic heterocycles. The van der Waals surface area contributed by atoms with E-state index in [1.807, 2.05) is 0 Å². The van der Waals surface area contributed by atoms with Gasteiger partial charge in [-0.25, -0.2) is 0 Å². The zero-order valence-electron chi connectivity index (χ0n) is 18.3. The first-order valence-electron chi connectivity index (χ1n) is 10.9. The minimum atomic E-state index is -0.990. The van der Waals surface area contributed by atoms with Gasteiger partial charge in [0.25, 0.3) is 0 Å². The fourth-order valence-corrected chi connectivity index (χ4v) is 4.24.